The Hall–Kier alpha value is -1.65. The molecule has 0 aliphatic heterocycles. The van der Waals surface area contributed by atoms with Gasteiger partial charge >= 0.3 is 0 Å². The van der Waals surface area contributed by atoms with E-state index in [2.05, 4.69) is 19.3 Å². The van der Waals surface area contributed by atoms with Crippen LogP contribution in [-0.2, 0) is 12.1 Å². The number of aliphatic hydroxyl groups is 1. The maximum atomic E-state index is 11.7. The largest absolute Gasteiger partial charge is 0.378 e. The Labute approximate surface area is 138 Å². The number of hydrogen-bond donors (Lipinski definition) is 2. The smallest absolute Gasteiger partial charge is 0.191 e. The molecule has 3 rings (SSSR count). The average Bonchev–Trinajstić information content (AvgIpc) is 3.04. The van der Waals surface area contributed by atoms with Crippen molar-refractivity contribution in [1.29, 1.82) is 0 Å². The molecule has 1 saturated carbocycles. The fourth-order valence-corrected chi connectivity index (χ4v) is 3.73. The number of hydrogen-bond acceptors (Lipinski definition) is 3. The lowest BCUT2D eigenvalue weighted by atomic mass is 9.71. The van der Waals surface area contributed by atoms with E-state index in [-0.39, 0.29) is 5.92 Å². The van der Waals surface area contributed by atoms with E-state index in [1.165, 1.54) is 24.2 Å². The Morgan fingerprint density at radius 2 is 1.87 bits per heavy atom. The first kappa shape index (κ1) is 16.2. The molecule has 0 saturated heterocycles. The Morgan fingerprint density at radius 3 is 2.52 bits per heavy atom. The van der Waals surface area contributed by atoms with Crippen LogP contribution >= 0.6 is 0 Å². The Kier molecular flexibility index (Phi) is 4.83. The van der Waals surface area contributed by atoms with Crippen LogP contribution in [0.15, 0.2) is 40.9 Å². The predicted molar refractivity (Wildman–Crippen MR) is 89.0 cm³/mol. The number of rotatable bonds is 5. The highest BCUT2D eigenvalue weighted by molar-refractivity contribution is 5.33. The topological polar surface area (TPSA) is 50.7 Å². The zero-order chi connectivity index (χ0) is 16.3. The van der Waals surface area contributed by atoms with Crippen LogP contribution in [-0.4, -0.2) is 24.4 Å². The molecule has 1 atom stereocenters. The van der Waals surface area contributed by atoms with Gasteiger partial charge in [-0.3, -0.25) is 0 Å². The molecule has 4 nitrogen and oxygen atoms in total. The van der Waals surface area contributed by atoms with Gasteiger partial charge in [-0.15, -0.1) is 0 Å². The second-order valence-electron chi connectivity index (χ2n) is 7.03. The molecule has 0 radical (unpaired) electrons. The zero-order valence-electron chi connectivity index (χ0n) is 14.1. The van der Waals surface area contributed by atoms with Crippen LogP contribution in [0.3, 0.4) is 0 Å². The van der Waals surface area contributed by atoms with Gasteiger partial charge in [0.1, 0.15) is 17.8 Å². The number of benzene rings is 1. The molecule has 1 fully saturated rings. The molecule has 0 bridgehead atoms. The number of aromatic nitrogens is 1. The Bertz CT molecular complexity index is 617. The summed E-state index contributed by atoms with van der Waals surface area (Å²) in [6, 6.07) is 11.9. The van der Waals surface area contributed by atoms with Gasteiger partial charge in [0.25, 0.3) is 0 Å². The molecule has 0 amide bonds. The molecule has 0 spiro atoms. The van der Waals surface area contributed by atoms with Crippen LogP contribution in [0.1, 0.15) is 49.1 Å². The van der Waals surface area contributed by atoms with Crippen molar-refractivity contribution in [3.05, 3.63) is 53.4 Å². The van der Waals surface area contributed by atoms with Gasteiger partial charge in [-0.25, -0.2) is 0 Å². The van der Waals surface area contributed by atoms with E-state index >= 15 is 0 Å². The molecular formula is C19H27N2O2+. The minimum absolute atomic E-state index is 0.198. The summed E-state index contributed by atoms with van der Waals surface area (Å²) in [5.74, 6) is 1.02. The third-order valence-corrected chi connectivity index (χ3v) is 4.89. The van der Waals surface area contributed by atoms with Crippen LogP contribution in [0.4, 0.5) is 0 Å². The lowest BCUT2D eigenvalue weighted by molar-refractivity contribution is -0.873. The van der Waals surface area contributed by atoms with Crippen molar-refractivity contribution < 1.29 is 14.5 Å². The summed E-state index contributed by atoms with van der Waals surface area (Å²) < 4.78 is 5.50. The van der Waals surface area contributed by atoms with Gasteiger partial charge in [0.05, 0.1) is 14.1 Å². The molecule has 2 N–H and O–H groups in total. The SMILES string of the molecule is C[NH+](C)Cc1cc(C(O)(c2ccccc2)C2CCCCC2)no1. The van der Waals surface area contributed by atoms with Crippen LogP contribution in [0.2, 0.25) is 0 Å². The molecule has 1 heterocycles. The van der Waals surface area contributed by atoms with E-state index in [0.717, 1.165) is 30.7 Å². The van der Waals surface area contributed by atoms with Crippen molar-refractivity contribution >= 4 is 0 Å². The van der Waals surface area contributed by atoms with Crippen molar-refractivity contribution in [2.24, 2.45) is 5.92 Å². The molecule has 4 heteroatoms. The molecule has 124 valence electrons. The molecule has 23 heavy (non-hydrogen) atoms. The molecule has 2 aromatic rings. The van der Waals surface area contributed by atoms with Gasteiger partial charge in [-0.2, -0.15) is 0 Å². The van der Waals surface area contributed by atoms with Crippen molar-refractivity contribution in [2.75, 3.05) is 14.1 Å². The minimum atomic E-state index is -1.05. The first-order valence-electron chi connectivity index (χ1n) is 8.63. The highest BCUT2D eigenvalue weighted by Crippen LogP contribution is 2.43. The summed E-state index contributed by atoms with van der Waals surface area (Å²) in [5, 5.41) is 16.0. The van der Waals surface area contributed by atoms with E-state index in [0.29, 0.717) is 5.69 Å². The lowest BCUT2D eigenvalue weighted by Gasteiger charge is -2.37. The van der Waals surface area contributed by atoms with Crippen molar-refractivity contribution in [2.45, 2.75) is 44.2 Å². The second-order valence-corrected chi connectivity index (χ2v) is 7.03. The van der Waals surface area contributed by atoms with E-state index in [9.17, 15) is 5.11 Å². The third-order valence-electron chi connectivity index (χ3n) is 4.89. The molecule has 1 aliphatic carbocycles. The maximum Gasteiger partial charge on any atom is 0.191 e. The lowest BCUT2D eigenvalue weighted by Crippen LogP contribution is -3.04. The average molecular weight is 315 g/mol. The van der Waals surface area contributed by atoms with E-state index in [4.69, 9.17) is 4.52 Å². The highest BCUT2D eigenvalue weighted by atomic mass is 16.5. The quantitative estimate of drug-likeness (QED) is 0.889. The third kappa shape index (κ3) is 3.33. The second kappa shape index (κ2) is 6.85. The number of quaternary nitrogens is 1. The van der Waals surface area contributed by atoms with Crippen LogP contribution in [0.25, 0.3) is 0 Å². The van der Waals surface area contributed by atoms with Crippen LogP contribution in [0.5, 0.6) is 0 Å². The van der Waals surface area contributed by atoms with Crippen molar-refractivity contribution in [3.63, 3.8) is 0 Å². The Balaban J connectivity index is 1.99. The van der Waals surface area contributed by atoms with Gasteiger partial charge in [-0.1, -0.05) is 54.8 Å². The maximum absolute atomic E-state index is 11.7. The summed E-state index contributed by atoms with van der Waals surface area (Å²) in [4.78, 5) is 1.27. The van der Waals surface area contributed by atoms with Crippen LogP contribution < -0.4 is 4.90 Å². The Morgan fingerprint density at radius 1 is 1.17 bits per heavy atom. The molecule has 1 unspecified atom stereocenters. The summed E-state index contributed by atoms with van der Waals surface area (Å²) >= 11 is 0. The molecule has 1 aliphatic rings. The highest BCUT2D eigenvalue weighted by Gasteiger charge is 2.43. The number of nitrogens with one attached hydrogen (secondary N) is 1. The standard InChI is InChI=1S/C19H26N2O2/c1-21(2)14-17-13-18(20-23-17)19(22,15-9-5-3-6-10-15)16-11-7-4-8-12-16/h3,5-6,9-10,13,16,22H,4,7-8,11-12,14H2,1-2H3/p+1. The monoisotopic (exact) mass is 315 g/mol. The predicted octanol–water partition coefficient (Wildman–Crippen LogP) is 2.14. The van der Waals surface area contributed by atoms with E-state index in [1.807, 2.05) is 36.4 Å². The molecule has 1 aromatic heterocycles. The van der Waals surface area contributed by atoms with E-state index in [1.54, 1.807) is 0 Å². The van der Waals surface area contributed by atoms with E-state index < -0.39 is 5.60 Å². The summed E-state index contributed by atoms with van der Waals surface area (Å²) in [5.41, 5.74) is 0.529. The normalized spacial score (nSPS) is 19.0. The fraction of sp³-hybridized carbons (Fsp3) is 0.526. The summed E-state index contributed by atoms with van der Waals surface area (Å²) in [6.45, 7) is 0.766. The summed E-state index contributed by atoms with van der Waals surface area (Å²) in [6.07, 6.45) is 5.67. The van der Waals surface area contributed by atoms with Gasteiger partial charge in [0.2, 0.25) is 0 Å². The van der Waals surface area contributed by atoms with Crippen molar-refractivity contribution in [1.82, 2.24) is 5.16 Å². The fourth-order valence-electron chi connectivity index (χ4n) is 3.73. The first-order chi connectivity index (χ1) is 11.1. The molecule has 1 aromatic carbocycles. The van der Waals surface area contributed by atoms with Crippen molar-refractivity contribution in [3.8, 4) is 0 Å². The molecular weight excluding hydrogens is 288 g/mol. The van der Waals surface area contributed by atoms with Gasteiger partial charge in [-0.05, 0) is 24.3 Å². The van der Waals surface area contributed by atoms with Gasteiger partial charge in [0.15, 0.2) is 5.76 Å². The summed E-state index contributed by atoms with van der Waals surface area (Å²) in [7, 11) is 4.15. The van der Waals surface area contributed by atoms with Gasteiger partial charge < -0.3 is 14.5 Å². The minimum Gasteiger partial charge on any atom is -0.378 e. The number of nitrogens with zero attached hydrogens (tertiary/aromatic N) is 1. The zero-order valence-corrected chi connectivity index (χ0v) is 14.1. The first-order valence-corrected chi connectivity index (χ1v) is 8.63. The van der Waals surface area contributed by atoms with Crippen LogP contribution in [0, 0.1) is 5.92 Å². The van der Waals surface area contributed by atoms with Gasteiger partial charge in [0, 0.05) is 6.07 Å².